The quantitative estimate of drug-likeness (QED) is 0.687. The maximum Gasteiger partial charge on any atom is 0.419 e. The number of aliphatic hydroxyl groups excluding tert-OH is 1. The van der Waals surface area contributed by atoms with E-state index < -0.39 is 11.7 Å². The molecule has 0 aromatic heterocycles. The van der Waals surface area contributed by atoms with Gasteiger partial charge in [-0.3, -0.25) is 0 Å². The fourth-order valence-corrected chi connectivity index (χ4v) is 1.68. The molecule has 0 saturated carbocycles. The van der Waals surface area contributed by atoms with Gasteiger partial charge in [0, 0.05) is 6.54 Å². The van der Waals surface area contributed by atoms with Crippen molar-refractivity contribution >= 4 is 0 Å². The highest BCUT2D eigenvalue weighted by molar-refractivity contribution is 5.39. The smallest absolute Gasteiger partial charge is 0.419 e. The molecular weight excluding hydrogens is 287 g/mol. The van der Waals surface area contributed by atoms with E-state index in [1.165, 1.54) is 6.07 Å². The van der Waals surface area contributed by atoms with E-state index in [9.17, 15) is 13.2 Å². The normalized spacial score (nSPS) is 11.7. The first-order valence-corrected chi connectivity index (χ1v) is 6.71. The summed E-state index contributed by atoms with van der Waals surface area (Å²) in [4.78, 5) is 0. The van der Waals surface area contributed by atoms with Crippen LogP contribution in [0.2, 0.25) is 0 Å². The molecule has 0 saturated heterocycles. The van der Waals surface area contributed by atoms with Crippen molar-refractivity contribution in [3.63, 3.8) is 0 Å². The number of rotatable bonds is 9. The number of aliphatic hydroxyl groups is 1. The first-order chi connectivity index (χ1) is 9.99. The third-order valence-electron chi connectivity index (χ3n) is 2.65. The van der Waals surface area contributed by atoms with E-state index in [0.717, 1.165) is 6.07 Å². The molecule has 21 heavy (non-hydrogen) atoms. The van der Waals surface area contributed by atoms with Gasteiger partial charge < -0.3 is 19.9 Å². The van der Waals surface area contributed by atoms with Crippen molar-refractivity contribution in [3.8, 4) is 5.75 Å². The lowest BCUT2D eigenvalue weighted by Gasteiger charge is -2.15. The molecule has 0 amide bonds. The number of hydrogen-bond donors (Lipinski definition) is 2. The van der Waals surface area contributed by atoms with Gasteiger partial charge in [-0.2, -0.15) is 13.2 Å². The topological polar surface area (TPSA) is 50.7 Å². The van der Waals surface area contributed by atoms with Crippen molar-refractivity contribution in [2.75, 3.05) is 33.0 Å². The third-order valence-corrected chi connectivity index (χ3v) is 2.65. The minimum atomic E-state index is -4.47. The Balaban J connectivity index is 2.73. The molecule has 4 nitrogen and oxygen atoms in total. The van der Waals surface area contributed by atoms with Gasteiger partial charge in [0.25, 0.3) is 0 Å². The Kier molecular flexibility index (Phi) is 7.49. The van der Waals surface area contributed by atoms with Gasteiger partial charge in [0.1, 0.15) is 12.4 Å². The number of nitrogens with one attached hydrogen (secondary N) is 1. The Hall–Kier alpha value is -1.31. The minimum Gasteiger partial charge on any atom is -0.491 e. The molecule has 1 aromatic rings. The second kappa shape index (κ2) is 8.86. The Morgan fingerprint density at radius 1 is 1.19 bits per heavy atom. The van der Waals surface area contributed by atoms with Gasteiger partial charge in [-0.25, -0.2) is 0 Å². The summed E-state index contributed by atoms with van der Waals surface area (Å²) in [6.07, 6.45) is -4.47. The Labute approximate surface area is 121 Å². The van der Waals surface area contributed by atoms with Crippen LogP contribution in [0.15, 0.2) is 18.2 Å². The fourth-order valence-electron chi connectivity index (χ4n) is 1.68. The van der Waals surface area contributed by atoms with Crippen LogP contribution in [-0.2, 0) is 17.5 Å². The Morgan fingerprint density at radius 2 is 1.95 bits per heavy atom. The fraction of sp³-hybridized carbons (Fsp3) is 0.571. The van der Waals surface area contributed by atoms with Gasteiger partial charge >= 0.3 is 6.18 Å². The molecule has 0 spiro atoms. The van der Waals surface area contributed by atoms with Crippen LogP contribution in [0.25, 0.3) is 0 Å². The highest BCUT2D eigenvalue weighted by atomic mass is 19.4. The predicted octanol–water partition coefficient (Wildman–Crippen LogP) is 2.20. The third kappa shape index (κ3) is 6.33. The number of ether oxygens (including phenoxy) is 2. The molecule has 0 heterocycles. The van der Waals surface area contributed by atoms with E-state index in [1.807, 2.05) is 6.92 Å². The van der Waals surface area contributed by atoms with Gasteiger partial charge in [0.05, 0.1) is 25.4 Å². The number of benzene rings is 1. The molecule has 1 aromatic carbocycles. The van der Waals surface area contributed by atoms with Crippen LogP contribution in [0.4, 0.5) is 13.2 Å². The van der Waals surface area contributed by atoms with Crippen molar-refractivity contribution in [3.05, 3.63) is 29.3 Å². The second-order valence-electron chi connectivity index (χ2n) is 4.29. The van der Waals surface area contributed by atoms with Crippen LogP contribution in [0.5, 0.6) is 5.75 Å². The predicted molar refractivity (Wildman–Crippen MR) is 72.2 cm³/mol. The number of halogens is 3. The molecule has 0 fully saturated rings. The van der Waals surface area contributed by atoms with Crippen molar-refractivity contribution in [1.82, 2.24) is 5.32 Å². The molecule has 2 N–H and O–H groups in total. The standard InChI is InChI=1S/C14H20F3NO3/c1-2-18-10-11-3-4-13(12(9-11)14(15,16)17)21-8-7-20-6-5-19/h3-4,9,18-19H,2,5-8,10H2,1H3. The van der Waals surface area contributed by atoms with Crippen molar-refractivity contribution < 1.29 is 27.8 Å². The van der Waals surface area contributed by atoms with Gasteiger partial charge in [-0.1, -0.05) is 13.0 Å². The maximum absolute atomic E-state index is 13.0. The van der Waals surface area contributed by atoms with E-state index >= 15 is 0 Å². The maximum atomic E-state index is 13.0. The van der Waals surface area contributed by atoms with Gasteiger partial charge in [-0.05, 0) is 24.2 Å². The number of hydrogen-bond acceptors (Lipinski definition) is 4. The average Bonchev–Trinajstić information content (AvgIpc) is 2.44. The largest absolute Gasteiger partial charge is 0.491 e. The van der Waals surface area contributed by atoms with Crippen LogP contribution in [0.3, 0.4) is 0 Å². The average molecular weight is 307 g/mol. The molecular formula is C14H20F3NO3. The molecule has 0 aliphatic rings. The Morgan fingerprint density at radius 3 is 2.57 bits per heavy atom. The monoisotopic (exact) mass is 307 g/mol. The molecule has 0 atom stereocenters. The SMILES string of the molecule is CCNCc1ccc(OCCOCCO)c(C(F)(F)F)c1. The molecule has 7 heteroatoms. The first-order valence-electron chi connectivity index (χ1n) is 6.71. The zero-order valence-electron chi connectivity index (χ0n) is 11.9. The lowest BCUT2D eigenvalue weighted by atomic mass is 10.1. The minimum absolute atomic E-state index is 0.00433. The van der Waals surface area contributed by atoms with Crippen molar-refractivity contribution in [1.29, 1.82) is 0 Å². The highest BCUT2D eigenvalue weighted by Gasteiger charge is 2.34. The van der Waals surface area contributed by atoms with Crippen LogP contribution in [0, 0.1) is 0 Å². The summed E-state index contributed by atoms with van der Waals surface area (Å²) in [6.45, 7) is 3.06. The molecule has 0 bridgehead atoms. The summed E-state index contributed by atoms with van der Waals surface area (Å²) in [6, 6.07) is 4.01. The lowest BCUT2D eigenvalue weighted by molar-refractivity contribution is -0.139. The van der Waals surface area contributed by atoms with Gasteiger partial charge in [0.15, 0.2) is 0 Å². The van der Waals surface area contributed by atoms with Crippen LogP contribution >= 0.6 is 0 Å². The summed E-state index contributed by atoms with van der Waals surface area (Å²) in [5.74, 6) is -0.213. The highest BCUT2D eigenvalue weighted by Crippen LogP contribution is 2.36. The molecule has 1 rings (SSSR count). The van der Waals surface area contributed by atoms with Crippen LogP contribution in [-0.4, -0.2) is 38.1 Å². The zero-order chi connectivity index (χ0) is 15.7. The van der Waals surface area contributed by atoms with E-state index in [2.05, 4.69) is 5.32 Å². The van der Waals surface area contributed by atoms with Crippen molar-refractivity contribution in [2.45, 2.75) is 19.6 Å². The molecule has 0 aliphatic carbocycles. The van der Waals surface area contributed by atoms with E-state index in [-0.39, 0.29) is 32.2 Å². The molecule has 0 aliphatic heterocycles. The Bertz CT molecular complexity index is 424. The van der Waals surface area contributed by atoms with E-state index in [1.54, 1.807) is 6.07 Å². The zero-order valence-corrected chi connectivity index (χ0v) is 11.9. The van der Waals surface area contributed by atoms with E-state index in [4.69, 9.17) is 14.6 Å². The lowest BCUT2D eigenvalue weighted by Crippen LogP contribution is -2.15. The van der Waals surface area contributed by atoms with E-state index in [0.29, 0.717) is 18.7 Å². The van der Waals surface area contributed by atoms with Gasteiger partial charge in [0.2, 0.25) is 0 Å². The summed E-state index contributed by atoms with van der Waals surface area (Å²) in [5.41, 5.74) is -0.242. The summed E-state index contributed by atoms with van der Waals surface area (Å²) in [7, 11) is 0. The molecule has 120 valence electrons. The molecule has 0 unspecified atom stereocenters. The van der Waals surface area contributed by atoms with Crippen molar-refractivity contribution in [2.24, 2.45) is 0 Å². The summed E-state index contributed by atoms with van der Waals surface area (Å²) >= 11 is 0. The van der Waals surface area contributed by atoms with Gasteiger partial charge in [-0.15, -0.1) is 0 Å². The van der Waals surface area contributed by atoms with Crippen LogP contribution < -0.4 is 10.1 Å². The summed E-state index contributed by atoms with van der Waals surface area (Å²) in [5, 5.41) is 11.5. The van der Waals surface area contributed by atoms with Crippen LogP contribution in [0.1, 0.15) is 18.1 Å². The second-order valence-corrected chi connectivity index (χ2v) is 4.29. The molecule has 0 radical (unpaired) electrons. The first kappa shape index (κ1) is 17.7. The number of alkyl halides is 3. The summed E-state index contributed by atoms with van der Waals surface area (Å²) < 4.78 is 49.1.